The Labute approximate surface area is 97.3 Å². The van der Waals surface area contributed by atoms with Gasteiger partial charge in [0.1, 0.15) is 10.2 Å². The predicted octanol–water partition coefficient (Wildman–Crippen LogP) is 2.60. The molecule has 4 nitrogen and oxygen atoms in total. The summed E-state index contributed by atoms with van der Waals surface area (Å²) in [5, 5.41) is 0.661. The topological polar surface area (TPSA) is 64.7 Å². The Bertz CT molecular complexity index is 472. The number of hydrogen-bond donors (Lipinski definition) is 1. The molecule has 0 aromatic carbocycles. The van der Waals surface area contributed by atoms with Gasteiger partial charge in [0.15, 0.2) is 10.8 Å². The Morgan fingerprint density at radius 1 is 1.36 bits per heavy atom. The van der Waals surface area contributed by atoms with Crippen molar-refractivity contribution < 1.29 is 0 Å². The molecular weight excluding hydrogens is 288 g/mol. The number of anilines is 1. The van der Waals surface area contributed by atoms with Crippen molar-refractivity contribution in [3.05, 3.63) is 21.2 Å². The number of halogens is 2. The zero-order valence-electron chi connectivity index (χ0n) is 6.74. The quantitative estimate of drug-likeness (QED) is 0.877. The fourth-order valence-corrected chi connectivity index (χ4v) is 1.89. The lowest BCUT2D eigenvalue weighted by Gasteiger charge is -1.98. The molecule has 0 unspecified atom stereocenters. The highest BCUT2D eigenvalue weighted by Gasteiger charge is 2.08. The fraction of sp³-hybridized carbons (Fsp3) is 0. The summed E-state index contributed by atoms with van der Waals surface area (Å²) in [4.78, 5) is 12.2. The van der Waals surface area contributed by atoms with E-state index < -0.39 is 0 Å². The van der Waals surface area contributed by atoms with Gasteiger partial charge in [-0.25, -0.2) is 15.0 Å². The van der Waals surface area contributed by atoms with Crippen LogP contribution in [0.15, 0.2) is 16.9 Å². The molecule has 2 rings (SSSR count). The van der Waals surface area contributed by atoms with E-state index in [9.17, 15) is 0 Å². The Morgan fingerprint density at radius 2 is 2.14 bits per heavy atom. The summed E-state index contributed by atoms with van der Waals surface area (Å²) in [5.74, 6) is 0.879. The second-order valence-corrected chi connectivity index (χ2v) is 4.91. The predicted molar refractivity (Wildman–Crippen MR) is 60.3 cm³/mol. The summed E-state index contributed by atoms with van der Waals surface area (Å²) in [6, 6.07) is 0. The minimum Gasteiger partial charge on any atom is -0.383 e. The first-order valence-corrected chi connectivity index (χ1v) is 5.55. The van der Waals surface area contributed by atoms with Crippen molar-refractivity contribution >= 4 is 44.7 Å². The Hall–Kier alpha value is -0.720. The minimum absolute atomic E-state index is 0.390. The summed E-state index contributed by atoms with van der Waals surface area (Å²) >= 11 is 10.3. The third-order valence-electron chi connectivity index (χ3n) is 1.44. The second-order valence-electron chi connectivity index (χ2n) is 2.40. The Morgan fingerprint density at radius 3 is 2.71 bits per heavy atom. The van der Waals surface area contributed by atoms with Crippen molar-refractivity contribution in [1.29, 1.82) is 0 Å². The Kier molecular flexibility index (Phi) is 2.66. The molecule has 0 bridgehead atoms. The summed E-state index contributed by atoms with van der Waals surface area (Å²) in [7, 11) is 0. The van der Waals surface area contributed by atoms with E-state index >= 15 is 0 Å². The third-order valence-corrected chi connectivity index (χ3v) is 3.16. The lowest BCUT2D eigenvalue weighted by molar-refractivity contribution is 1.16. The molecule has 14 heavy (non-hydrogen) atoms. The van der Waals surface area contributed by atoms with E-state index in [1.165, 1.54) is 11.3 Å². The summed E-state index contributed by atoms with van der Waals surface area (Å²) in [6.45, 7) is 0. The highest BCUT2D eigenvalue weighted by molar-refractivity contribution is 9.10. The van der Waals surface area contributed by atoms with Gasteiger partial charge in [-0.15, -0.1) is 0 Å². The average molecular weight is 292 g/mol. The fourth-order valence-electron chi connectivity index (χ4n) is 0.841. The number of nitrogens with two attached hydrogens (primary N) is 1. The van der Waals surface area contributed by atoms with Crippen molar-refractivity contribution in [3.63, 3.8) is 0 Å². The molecule has 0 aliphatic rings. The molecule has 0 aliphatic carbocycles. The first kappa shape index (κ1) is 9.82. The zero-order valence-corrected chi connectivity index (χ0v) is 9.90. The molecule has 0 saturated carbocycles. The van der Waals surface area contributed by atoms with Crippen LogP contribution in [0, 0.1) is 0 Å². The molecule has 7 heteroatoms. The highest BCUT2D eigenvalue weighted by atomic mass is 79.9. The number of hydrogen-bond acceptors (Lipinski definition) is 5. The maximum atomic E-state index is 5.74. The number of thiazole rings is 1. The molecule has 0 atom stereocenters. The van der Waals surface area contributed by atoms with Gasteiger partial charge in [0.25, 0.3) is 0 Å². The van der Waals surface area contributed by atoms with Crippen LogP contribution in [-0.2, 0) is 0 Å². The van der Waals surface area contributed by atoms with Gasteiger partial charge in [0, 0.05) is 6.20 Å². The van der Waals surface area contributed by atoms with Crippen LogP contribution >= 0.6 is 38.9 Å². The van der Waals surface area contributed by atoms with Gasteiger partial charge in [-0.05, 0) is 15.9 Å². The highest BCUT2D eigenvalue weighted by Crippen LogP contribution is 2.27. The van der Waals surface area contributed by atoms with Crippen LogP contribution in [-0.4, -0.2) is 15.0 Å². The van der Waals surface area contributed by atoms with E-state index in [0.717, 1.165) is 0 Å². The largest absolute Gasteiger partial charge is 0.383 e. The van der Waals surface area contributed by atoms with Crippen molar-refractivity contribution in [1.82, 2.24) is 15.0 Å². The van der Waals surface area contributed by atoms with Crippen LogP contribution in [0.3, 0.4) is 0 Å². The molecule has 0 saturated heterocycles. The number of aromatic nitrogens is 3. The molecule has 2 aromatic heterocycles. The number of nitrogen functional groups attached to an aromatic ring is 1. The molecule has 0 aliphatic heterocycles. The molecule has 0 radical (unpaired) electrons. The molecule has 0 fully saturated rings. The summed E-state index contributed by atoms with van der Waals surface area (Å²) in [6.07, 6.45) is 3.15. The smallest absolute Gasteiger partial charge is 0.190 e. The van der Waals surface area contributed by atoms with E-state index in [1.54, 1.807) is 12.4 Å². The van der Waals surface area contributed by atoms with Gasteiger partial charge in [0.05, 0.1) is 10.7 Å². The van der Waals surface area contributed by atoms with Crippen LogP contribution < -0.4 is 5.73 Å². The Balaban J connectivity index is 2.47. The van der Waals surface area contributed by atoms with Gasteiger partial charge in [-0.3, -0.25) is 0 Å². The van der Waals surface area contributed by atoms with Gasteiger partial charge < -0.3 is 5.73 Å². The molecule has 0 amide bonds. The zero-order chi connectivity index (χ0) is 10.1. The summed E-state index contributed by atoms with van der Waals surface area (Å²) in [5.41, 5.74) is 5.61. The van der Waals surface area contributed by atoms with E-state index in [-0.39, 0.29) is 0 Å². The molecule has 72 valence electrons. The van der Waals surface area contributed by atoms with Crippen LogP contribution in [0.5, 0.6) is 0 Å². The molecule has 2 heterocycles. The maximum Gasteiger partial charge on any atom is 0.190 e. The lowest BCUT2D eigenvalue weighted by Crippen LogP contribution is -1.95. The first-order valence-electron chi connectivity index (χ1n) is 3.56. The van der Waals surface area contributed by atoms with E-state index in [4.69, 9.17) is 17.3 Å². The lowest BCUT2D eigenvalue weighted by atomic mass is 10.5. The molecular formula is C7H4BrClN4S. The van der Waals surface area contributed by atoms with Crippen molar-refractivity contribution in [2.45, 2.75) is 0 Å². The second kappa shape index (κ2) is 3.80. The standard InChI is InChI=1S/C7H4BrClN4S/c8-3-1-11-6(13-5(3)10)7-12-2-4(9)14-7/h1-2H,(H2,10,11,13). The first-order chi connectivity index (χ1) is 6.66. The summed E-state index contributed by atoms with van der Waals surface area (Å²) < 4.78 is 1.27. The van der Waals surface area contributed by atoms with Crippen LogP contribution in [0.4, 0.5) is 5.82 Å². The monoisotopic (exact) mass is 290 g/mol. The van der Waals surface area contributed by atoms with E-state index in [0.29, 0.717) is 25.5 Å². The van der Waals surface area contributed by atoms with Crippen molar-refractivity contribution in [2.75, 3.05) is 5.73 Å². The average Bonchev–Trinajstić information content (AvgIpc) is 2.57. The molecule has 2 N–H and O–H groups in total. The van der Waals surface area contributed by atoms with Crippen molar-refractivity contribution in [2.24, 2.45) is 0 Å². The molecule has 0 spiro atoms. The van der Waals surface area contributed by atoms with Gasteiger partial charge >= 0.3 is 0 Å². The maximum absolute atomic E-state index is 5.74. The number of nitrogens with zero attached hydrogens (tertiary/aromatic N) is 3. The number of rotatable bonds is 1. The minimum atomic E-state index is 0.390. The van der Waals surface area contributed by atoms with Crippen LogP contribution in [0.1, 0.15) is 0 Å². The van der Waals surface area contributed by atoms with E-state index in [1.807, 2.05) is 0 Å². The van der Waals surface area contributed by atoms with Crippen LogP contribution in [0.2, 0.25) is 4.34 Å². The van der Waals surface area contributed by atoms with Gasteiger partial charge in [-0.2, -0.15) is 0 Å². The third kappa shape index (κ3) is 1.87. The van der Waals surface area contributed by atoms with Crippen molar-refractivity contribution in [3.8, 4) is 10.8 Å². The van der Waals surface area contributed by atoms with Gasteiger partial charge in [0.2, 0.25) is 0 Å². The SMILES string of the molecule is Nc1nc(-c2ncc(Cl)s2)ncc1Br. The normalized spacial score (nSPS) is 10.4. The van der Waals surface area contributed by atoms with E-state index in [2.05, 4.69) is 30.9 Å². The van der Waals surface area contributed by atoms with Gasteiger partial charge in [-0.1, -0.05) is 22.9 Å². The molecule has 2 aromatic rings. The van der Waals surface area contributed by atoms with Crippen LogP contribution in [0.25, 0.3) is 10.8 Å².